The molecule has 0 bridgehead atoms. The summed E-state index contributed by atoms with van der Waals surface area (Å²) in [5.74, 6) is 0. The normalized spacial score (nSPS) is 11.5. The average Bonchev–Trinajstić information content (AvgIpc) is 3.02. The van der Waals surface area contributed by atoms with Crippen molar-refractivity contribution in [1.82, 2.24) is 15.0 Å². The zero-order chi connectivity index (χ0) is 16.1. The van der Waals surface area contributed by atoms with Gasteiger partial charge in [0, 0.05) is 5.39 Å². The van der Waals surface area contributed by atoms with E-state index in [2.05, 4.69) is 84.0 Å². The lowest BCUT2D eigenvalue weighted by molar-refractivity contribution is 0.824. The minimum absolute atomic E-state index is 0.918. The van der Waals surface area contributed by atoms with Crippen molar-refractivity contribution in [2.24, 2.45) is 0 Å². The van der Waals surface area contributed by atoms with Gasteiger partial charge in [0.2, 0.25) is 0 Å². The molecule has 24 heavy (non-hydrogen) atoms. The third-order valence-electron chi connectivity index (χ3n) is 4.63. The molecule has 0 radical (unpaired) electrons. The molecule has 1 aromatic heterocycles. The molecule has 0 aliphatic carbocycles. The van der Waals surface area contributed by atoms with E-state index >= 15 is 0 Å². The fraction of sp³-hybridized carbons (Fsp3) is 0.0476. The van der Waals surface area contributed by atoms with E-state index in [1.165, 1.54) is 27.1 Å². The summed E-state index contributed by atoms with van der Waals surface area (Å²) in [6.07, 6.45) is 0. The average molecular weight is 309 g/mol. The van der Waals surface area contributed by atoms with Crippen LogP contribution in [0.4, 0.5) is 0 Å². The van der Waals surface area contributed by atoms with Gasteiger partial charge < -0.3 is 0 Å². The molecule has 114 valence electrons. The fourth-order valence-corrected chi connectivity index (χ4v) is 3.42. The first-order valence-corrected chi connectivity index (χ1v) is 8.04. The van der Waals surface area contributed by atoms with Gasteiger partial charge in [0.05, 0.1) is 11.2 Å². The minimum atomic E-state index is 0.918. The van der Waals surface area contributed by atoms with Crippen LogP contribution in [0.1, 0.15) is 5.56 Å². The monoisotopic (exact) mass is 309 g/mol. The molecule has 3 heteroatoms. The molecule has 3 nitrogen and oxygen atoms in total. The summed E-state index contributed by atoms with van der Waals surface area (Å²) >= 11 is 0. The lowest BCUT2D eigenvalue weighted by Gasteiger charge is -2.11. The summed E-state index contributed by atoms with van der Waals surface area (Å²) in [6, 6.07) is 25.3. The third kappa shape index (κ3) is 1.85. The van der Waals surface area contributed by atoms with Crippen LogP contribution < -0.4 is 0 Å². The smallest absolute Gasteiger partial charge is 0.114 e. The third-order valence-corrected chi connectivity index (χ3v) is 4.63. The largest absolute Gasteiger partial charge is 0.212 e. The van der Waals surface area contributed by atoms with Crippen molar-refractivity contribution in [2.45, 2.75) is 6.92 Å². The number of hydrogen-bond donors (Lipinski definition) is 0. The van der Waals surface area contributed by atoms with Crippen molar-refractivity contribution in [1.29, 1.82) is 0 Å². The van der Waals surface area contributed by atoms with Crippen molar-refractivity contribution in [3.63, 3.8) is 0 Å². The maximum absolute atomic E-state index is 4.47. The van der Waals surface area contributed by atoms with E-state index in [0.717, 1.165) is 16.7 Å². The lowest BCUT2D eigenvalue weighted by Crippen LogP contribution is -2.00. The Bertz CT molecular complexity index is 1220. The van der Waals surface area contributed by atoms with Crippen LogP contribution in [0.2, 0.25) is 0 Å². The Kier molecular flexibility index (Phi) is 2.71. The van der Waals surface area contributed by atoms with Gasteiger partial charge >= 0.3 is 0 Å². The van der Waals surface area contributed by atoms with Gasteiger partial charge in [0.1, 0.15) is 5.52 Å². The van der Waals surface area contributed by atoms with Crippen LogP contribution in [0.25, 0.3) is 38.3 Å². The Hall–Kier alpha value is -3.20. The van der Waals surface area contributed by atoms with Crippen molar-refractivity contribution < 1.29 is 0 Å². The molecular weight excluding hydrogens is 294 g/mol. The molecule has 0 aliphatic heterocycles. The molecule has 0 atom stereocenters. The molecule has 4 aromatic carbocycles. The van der Waals surface area contributed by atoms with E-state index in [1.807, 2.05) is 10.7 Å². The van der Waals surface area contributed by atoms with Gasteiger partial charge in [-0.1, -0.05) is 65.9 Å². The molecule has 0 aliphatic rings. The quantitative estimate of drug-likeness (QED) is 0.434. The van der Waals surface area contributed by atoms with Gasteiger partial charge in [-0.15, -0.1) is 5.10 Å². The second kappa shape index (κ2) is 4.90. The van der Waals surface area contributed by atoms with E-state index in [1.54, 1.807) is 0 Å². The van der Waals surface area contributed by atoms with E-state index < -0.39 is 0 Å². The highest BCUT2D eigenvalue weighted by Crippen LogP contribution is 2.29. The second-order valence-corrected chi connectivity index (χ2v) is 6.14. The van der Waals surface area contributed by atoms with Gasteiger partial charge in [-0.2, -0.15) is 0 Å². The highest BCUT2D eigenvalue weighted by molar-refractivity contribution is 5.98. The van der Waals surface area contributed by atoms with Crippen LogP contribution in [0.3, 0.4) is 0 Å². The first kappa shape index (κ1) is 13.3. The Morgan fingerprint density at radius 2 is 1.46 bits per heavy atom. The van der Waals surface area contributed by atoms with Crippen LogP contribution in [0, 0.1) is 6.92 Å². The Morgan fingerprint density at radius 3 is 2.29 bits per heavy atom. The Balaban J connectivity index is 1.90. The summed E-state index contributed by atoms with van der Waals surface area (Å²) in [5, 5.41) is 13.7. The summed E-state index contributed by atoms with van der Waals surface area (Å²) in [5.41, 5.74) is 4.24. The molecule has 0 unspecified atom stereocenters. The highest BCUT2D eigenvalue weighted by atomic mass is 15.4. The Labute approximate surface area is 139 Å². The lowest BCUT2D eigenvalue weighted by atomic mass is 10.0. The number of rotatable bonds is 1. The molecule has 0 fully saturated rings. The fourth-order valence-electron chi connectivity index (χ4n) is 3.42. The molecule has 0 saturated carbocycles. The zero-order valence-corrected chi connectivity index (χ0v) is 13.3. The van der Waals surface area contributed by atoms with Crippen molar-refractivity contribution >= 4 is 32.6 Å². The van der Waals surface area contributed by atoms with Crippen LogP contribution in [0.15, 0.2) is 72.8 Å². The van der Waals surface area contributed by atoms with Crippen LogP contribution in [-0.2, 0) is 0 Å². The molecule has 0 spiro atoms. The van der Waals surface area contributed by atoms with Gasteiger partial charge in [-0.05, 0) is 40.8 Å². The van der Waals surface area contributed by atoms with Crippen molar-refractivity contribution in [3.05, 3.63) is 78.4 Å². The highest BCUT2D eigenvalue weighted by Gasteiger charge is 2.13. The Morgan fingerprint density at radius 1 is 0.750 bits per heavy atom. The first-order valence-electron chi connectivity index (χ1n) is 8.04. The molecule has 0 amide bonds. The SMILES string of the molecule is Cc1ccc2ccccc2c1-n1nnc2cc3ccccc3cc21. The van der Waals surface area contributed by atoms with E-state index in [9.17, 15) is 0 Å². The van der Waals surface area contributed by atoms with Gasteiger partial charge in [0.15, 0.2) is 0 Å². The first-order chi connectivity index (χ1) is 11.8. The maximum Gasteiger partial charge on any atom is 0.114 e. The van der Waals surface area contributed by atoms with Crippen LogP contribution in [0.5, 0.6) is 0 Å². The molecular formula is C21H15N3. The predicted octanol–water partition coefficient (Wildman–Crippen LogP) is 5.04. The standard InChI is InChI=1S/C21H15N3/c1-14-10-11-15-6-4-5-9-18(15)21(14)24-20-13-17-8-3-2-7-16(17)12-19(20)22-23-24/h2-13H,1H3. The van der Waals surface area contributed by atoms with Crippen molar-refractivity contribution in [3.8, 4) is 5.69 Å². The van der Waals surface area contributed by atoms with Gasteiger partial charge in [-0.3, -0.25) is 0 Å². The molecule has 1 heterocycles. The number of benzene rings is 4. The summed E-state index contributed by atoms with van der Waals surface area (Å²) < 4.78 is 1.97. The van der Waals surface area contributed by atoms with Crippen molar-refractivity contribution in [2.75, 3.05) is 0 Å². The minimum Gasteiger partial charge on any atom is -0.212 e. The number of aryl methyl sites for hydroxylation is 1. The summed E-state index contributed by atoms with van der Waals surface area (Å²) in [6.45, 7) is 2.12. The molecule has 5 aromatic rings. The second-order valence-electron chi connectivity index (χ2n) is 6.14. The van der Waals surface area contributed by atoms with E-state index in [-0.39, 0.29) is 0 Å². The van der Waals surface area contributed by atoms with Gasteiger partial charge in [-0.25, -0.2) is 4.68 Å². The number of aromatic nitrogens is 3. The van der Waals surface area contributed by atoms with Crippen LogP contribution >= 0.6 is 0 Å². The number of nitrogens with zero attached hydrogens (tertiary/aromatic N) is 3. The molecule has 0 N–H and O–H groups in total. The summed E-state index contributed by atoms with van der Waals surface area (Å²) in [4.78, 5) is 0. The van der Waals surface area contributed by atoms with E-state index in [0.29, 0.717) is 0 Å². The predicted molar refractivity (Wildman–Crippen MR) is 98.6 cm³/mol. The topological polar surface area (TPSA) is 30.7 Å². The maximum atomic E-state index is 4.47. The number of fused-ring (bicyclic) bond motifs is 3. The van der Waals surface area contributed by atoms with E-state index in [4.69, 9.17) is 0 Å². The zero-order valence-electron chi connectivity index (χ0n) is 13.3. The number of hydrogen-bond acceptors (Lipinski definition) is 2. The molecule has 0 saturated heterocycles. The summed E-state index contributed by atoms with van der Waals surface area (Å²) in [7, 11) is 0. The van der Waals surface area contributed by atoms with Crippen LogP contribution in [-0.4, -0.2) is 15.0 Å². The van der Waals surface area contributed by atoms with Gasteiger partial charge in [0.25, 0.3) is 0 Å². The molecule has 5 rings (SSSR count).